The summed E-state index contributed by atoms with van der Waals surface area (Å²) in [5.41, 5.74) is 3.18. The van der Waals surface area contributed by atoms with Gasteiger partial charge in [0.25, 0.3) is 0 Å². The standard InChI is InChI=1S/C18H22N2O/c1-3-7-18(15-8-5-4-6-9-15)20-17-12-10-16(11-13-17)19-14(2)21/h4-6,8-13,18,20H,3,7H2,1-2H3,(H,19,21). The minimum atomic E-state index is -0.0520. The van der Waals surface area contributed by atoms with Crippen LogP contribution in [0.4, 0.5) is 11.4 Å². The summed E-state index contributed by atoms with van der Waals surface area (Å²) in [5, 5.41) is 6.34. The molecule has 0 saturated carbocycles. The van der Waals surface area contributed by atoms with Crippen molar-refractivity contribution in [3.8, 4) is 0 Å². The lowest BCUT2D eigenvalue weighted by Crippen LogP contribution is -2.10. The van der Waals surface area contributed by atoms with Gasteiger partial charge < -0.3 is 10.6 Å². The van der Waals surface area contributed by atoms with Crippen LogP contribution in [-0.2, 0) is 4.79 Å². The lowest BCUT2D eigenvalue weighted by Gasteiger charge is -2.20. The molecule has 1 amide bonds. The van der Waals surface area contributed by atoms with Gasteiger partial charge in [0.2, 0.25) is 5.91 Å². The first-order valence-electron chi connectivity index (χ1n) is 7.38. The number of carbonyl (C=O) groups excluding carboxylic acids is 1. The predicted octanol–water partition coefficient (Wildman–Crippen LogP) is 4.60. The number of benzene rings is 2. The van der Waals surface area contributed by atoms with Crippen molar-refractivity contribution in [2.24, 2.45) is 0 Å². The topological polar surface area (TPSA) is 41.1 Å². The van der Waals surface area contributed by atoms with E-state index in [1.807, 2.05) is 30.3 Å². The van der Waals surface area contributed by atoms with E-state index in [-0.39, 0.29) is 5.91 Å². The Morgan fingerprint density at radius 3 is 2.19 bits per heavy atom. The second-order valence-corrected chi connectivity index (χ2v) is 5.15. The van der Waals surface area contributed by atoms with Gasteiger partial charge in [-0.25, -0.2) is 0 Å². The number of anilines is 2. The molecule has 3 heteroatoms. The van der Waals surface area contributed by atoms with Crippen LogP contribution in [0.2, 0.25) is 0 Å². The van der Waals surface area contributed by atoms with E-state index >= 15 is 0 Å². The number of hydrogen-bond acceptors (Lipinski definition) is 2. The van der Waals surface area contributed by atoms with Crippen LogP contribution in [0, 0.1) is 0 Å². The Balaban J connectivity index is 2.08. The van der Waals surface area contributed by atoms with E-state index in [0.29, 0.717) is 6.04 Å². The fourth-order valence-corrected chi connectivity index (χ4v) is 2.35. The summed E-state index contributed by atoms with van der Waals surface area (Å²) in [5.74, 6) is -0.0520. The van der Waals surface area contributed by atoms with Crippen molar-refractivity contribution in [2.45, 2.75) is 32.7 Å². The maximum Gasteiger partial charge on any atom is 0.221 e. The van der Waals surface area contributed by atoms with E-state index in [4.69, 9.17) is 0 Å². The molecule has 0 bridgehead atoms. The van der Waals surface area contributed by atoms with Gasteiger partial charge in [-0.1, -0.05) is 43.7 Å². The molecule has 1 atom stereocenters. The van der Waals surface area contributed by atoms with Crippen molar-refractivity contribution in [3.05, 3.63) is 60.2 Å². The minimum absolute atomic E-state index is 0.0520. The molecule has 2 N–H and O–H groups in total. The van der Waals surface area contributed by atoms with Crippen LogP contribution >= 0.6 is 0 Å². The largest absolute Gasteiger partial charge is 0.378 e. The van der Waals surface area contributed by atoms with E-state index in [1.165, 1.54) is 12.5 Å². The summed E-state index contributed by atoms with van der Waals surface area (Å²) in [6.07, 6.45) is 2.20. The molecule has 3 nitrogen and oxygen atoms in total. The number of amides is 1. The fraction of sp³-hybridized carbons (Fsp3) is 0.278. The molecule has 0 radical (unpaired) electrons. The molecule has 0 aromatic heterocycles. The van der Waals surface area contributed by atoms with Crippen LogP contribution < -0.4 is 10.6 Å². The smallest absolute Gasteiger partial charge is 0.221 e. The Kier molecular flexibility index (Phi) is 5.38. The van der Waals surface area contributed by atoms with Crippen molar-refractivity contribution in [1.82, 2.24) is 0 Å². The van der Waals surface area contributed by atoms with Gasteiger partial charge in [0.05, 0.1) is 6.04 Å². The first kappa shape index (κ1) is 15.1. The number of hydrogen-bond donors (Lipinski definition) is 2. The van der Waals surface area contributed by atoms with Gasteiger partial charge in [0, 0.05) is 18.3 Å². The van der Waals surface area contributed by atoms with Crippen LogP contribution in [0.5, 0.6) is 0 Å². The lowest BCUT2D eigenvalue weighted by atomic mass is 10.0. The number of nitrogens with one attached hydrogen (secondary N) is 2. The van der Waals surface area contributed by atoms with E-state index in [9.17, 15) is 4.79 Å². The first-order valence-corrected chi connectivity index (χ1v) is 7.38. The third kappa shape index (κ3) is 4.63. The van der Waals surface area contributed by atoms with Crippen LogP contribution in [0.25, 0.3) is 0 Å². The molecule has 2 rings (SSSR count). The fourth-order valence-electron chi connectivity index (χ4n) is 2.35. The zero-order valence-corrected chi connectivity index (χ0v) is 12.6. The van der Waals surface area contributed by atoms with Gasteiger partial charge in [-0.15, -0.1) is 0 Å². The minimum Gasteiger partial charge on any atom is -0.378 e. The van der Waals surface area contributed by atoms with E-state index < -0.39 is 0 Å². The summed E-state index contributed by atoms with van der Waals surface area (Å²) in [6, 6.07) is 18.6. The van der Waals surface area contributed by atoms with Gasteiger partial charge in [0.1, 0.15) is 0 Å². The molecule has 0 heterocycles. The number of rotatable bonds is 6. The van der Waals surface area contributed by atoms with Crippen LogP contribution in [0.1, 0.15) is 38.3 Å². The Morgan fingerprint density at radius 1 is 1.00 bits per heavy atom. The van der Waals surface area contributed by atoms with E-state index in [0.717, 1.165) is 24.2 Å². The SMILES string of the molecule is CCCC(Nc1ccc(NC(C)=O)cc1)c1ccccc1. The van der Waals surface area contributed by atoms with Gasteiger partial charge in [-0.05, 0) is 36.2 Å². The molecule has 21 heavy (non-hydrogen) atoms. The normalized spacial score (nSPS) is 11.7. The van der Waals surface area contributed by atoms with Gasteiger partial charge in [-0.2, -0.15) is 0 Å². The van der Waals surface area contributed by atoms with Crippen molar-refractivity contribution in [2.75, 3.05) is 10.6 Å². The average Bonchev–Trinajstić information content (AvgIpc) is 2.49. The molecule has 0 aliphatic heterocycles. The summed E-state index contributed by atoms with van der Waals surface area (Å²) >= 11 is 0. The highest BCUT2D eigenvalue weighted by molar-refractivity contribution is 5.88. The Labute approximate surface area is 126 Å². The molecule has 0 aliphatic carbocycles. The quantitative estimate of drug-likeness (QED) is 0.813. The molecule has 0 spiro atoms. The van der Waals surface area contributed by atoms with E-state index in [1.54, 1.807) is 0 Å². The monoisotopic (exact) mass is 282 g/mol. The zero-order chi connectivity index (χ0) is 15.1. The third-order valence-electron chi connectivity index (χ3n) is 3.33. The molecule has 2 aromatic carbocycles. The second kappa shape index (κ2) is 7.48. The molecular formula is C18H22N2O. The van der Waals surface area contributed by atoms with Gasteiger partial charge >= 0.3 is 0 Å². The molecular weight excluding hydrogens is 260 g/mol. The molecule has 2 aromatic rings. The highest BCUT2D eigenvalue weighted by Crippen LogP contribution is 2.24. The molecule has 0 aliphatic rings. The van der Waals surface area contributed by atoms with Crippen LogP contribution in [0.3, 0.4) is 0 Å². The van der Waals surface area contributed by atoms with E-state index in [2.05, 4.69) is 41.8 Å². The van der Waals surface area contributed by atoms with Gasteiger partial charge in [0.15, 0.2) is 0 Å². The van der Waals surface area contributed by atoms with Crippen LogP contribution in [-0.4, -0.2) is 5.91 Å². The Morgan fingerprint density at radius 2 is 1.62 bits per heavy atom. The Bertz CT molecular complexity index is 564. The highest BCUT2D eigenvalue weighted by Gasteiger charge is 2.09. The van der Waals surface area contributed by atoms with Crippen molar-refractivity contribution in [3.63, 3.8) is 0 Å². The third-order valence-corrected chi connectivity index (χ3v) is 3.33. The Hall–Kier alpha value is -2.29. The number of carbonyl (C=O) groups is 1. The predicted molar refractivity (Wildman–Crippen MR) is 88.5 cm³/mol. The molecule has 110 valence electrons. The lowest BCUT2D eigenvalue weighted by molar-refractivity contribution is -0.114. The highest BCUT2D eigenvalue weighted by atomic mass is 16.1. The van der Waals surface area contributed by atoms with Crippen molar-refractivity contribution in [1.29, 1.82) is 0 Å². The summed E-state index contributed by atoms with van der Waals surface area (Å²) in [6.45, 7) is 3.70. The average molecular weight is 282 g/mol. The van der Waals surface area contributed by atoms with Gasteiger partial charge in [-0.3, -0.25) is 4.79 Å². The first-order chi connectivity index (χ1) is 10.2. The summed E-state index contributed by atoms with van der Waals surface area (Å²) in [4.78, 5) is 11.0. The summed E-state index contributed by atoms with van der Waals surface area (Å²) in [7, 11) is 0. The summed E-state index contributed by atoms with van der Waals surface area (Å²) < 4.78 is 0. The van der Waals surface area contributed by atoms with Crippen LogP contribution in [0.15, 0.2) is 54.6 Å². The molecule has 1 unspecified atom stereocenters. The molecule has 0 fully saturated rings. The maximum absolute atomic E-state index is 11.0. The molecule has 0 saturated heterocycles. The van der Waals surface area contributed by atoms with Crippen molar-refractivity contribution >= 4 is 17.3 Å². The van der Waals surface area contributed by atoms with Crippen molar-refractivity contribution < 1.29 is 4.79 Å². The maximum atomic E-state index is 11.0. The zero-order valence-electron chi connectivity index (χ0n) is 12.6. The second-order valence-electron chi connectivity index (χ2n) is 5.15.